The standard InChI is InChI=1S/C19H25N5/c1-3-5-9-15(4-2)12-20-18-14-21-19-17(23-18)13-22-24(19)16-10-7-6-8-11-16/h6-8,10-11,13-15H,3-5,9,12H2,1-2H3,(H,20,23). The smallest absolute Gasteiger partial charge is 0.181 e. The molecule has 0 saturated heterocycles. The quantitative estimate of drug-likeness (QED) is 0.665. The van der Waals surface area contributed by atoms with Crippen LogP contribution in [-0.4, -0.2) is 26.3 Å². The average Bonchev–Trinajstić information content (AvgIpc) is 3.06. The maximum Gasteiger partial charge on any atom is 0.181 e. The summed E-state index contributed by atoms with van der Waals surface area (Å²) in [5.41, 5.74) is 2.59. The number of hydrogen-bond donors (Lipinski definition) is 1. The molecular weight excluding hydrogens is 298 g/mol. The van der Waals surface area contributed by atoms with Gasteiger partial charge < -0.3 is 5.32 Å². The van der Waals surface area contributed by atoms with Crippen LogP contribution in [0.15, 0.2) is 42.7 Å². The predicted molar refractivity (Wildman–Crippen MR) is 98.5 cm³/mol. The molecule has 1 unspecified atom stereocenters. The Labute approximate surface area is 143 Å². The van der Waals surface area contributed by atoms with Gasteiger partial charge in [0.1, 0.15) is 11.3 Å². The van der Waals surface area contributed by atoms with E-state index in [1.807, 2.05) is 35.0 Å². The van der Waals surface area contributed by atoms with Crippen LogP contribution in [-0.2, 0) is 0 Å². The summed E-state index contributed by atoms with van der Waals surface area (Å²) in [7, 11) is 0. The van der Waals surface area contributed by atoms with Crippen molar-refractivity contribution in [3.05, 3.63) is 42.7 Å². The second kappa shape index (κ2) is 7.90. The zero-order valence-corrected chi connectivity index (χ0v) is 14.4. The van der Waals surface area contributed by atoms with E-state index in [2.05, 4.69) is 34.2 Å². The lowest BCUT2D eigenvalue weighted by molar-refractivity contribution is 0.472. The maximum absolute atomic E-state index is 4.65. The van der Waals surface area contributed by atoms with Gasteiger partial charge in [-0.05, 0) is 24.5 Å². The molecule has 0 fully saturated rings. The first-order valence-corrected chi connectivity index (χ1v) is 8.81. The minimum Gasteiger partial charge on any atom is -0.368 e. The molecule has 0 saturated carbocycles. The molecule has 24 heavy (non-hydrogen) atoms. The fourth-order valence-corrected chi connectivity index (χ4v) is 2.85. The number of unbranched alkanes of at least 4 members (excludes halogenated alkanes) is 1. The fraction of sp³-hybridized carbons (Fsp3) is 0.421. The van der Waals surface area contributed by atoms with Crippen molar-refractivity contribution in [3.8, 4) is 5.69 Å². The lowest BCUT2D eigenvalue weighted by Crippen LogP contribution is -2.14. The highest BCUT2D eigenvalue weighted by atomic mass is 15.3. The highest BCUT2D eigenvalue weighted by Crippen LogP contribution is 2.17. The number of nitrogens with one attached hydrogen (secondary N) is 1. The van der Waals surface area contributed by atoms with Crippen molar-refractivity contribution in [2.45, 2.75) is 39.5 Å². The molecule has 0 aliphatic heterocycles. The zero-order valence-electron chi connectivity index (χ0n) is 14.4. The number of para-hydroxylation sites is 1. The summed E-state index contributed by atoms with van der Waals surface area (Å²) < 4.78 is 1.82. The fourth-order valence-electron chi connectivity index (χ4n) is 2.85. The molecule has 0 radical (unpaired) electrons. The second-order valence-electron chi connectivity index (χ2n) is 6.15. The third-order valence-electron chi connectivity index (χ3n) is 4.39. The van der Waals surface area contributed by atoms with E-state index in [1.54, 1.807) is 12.4 Å². The minimum atomic E-state index is 0.689. The van der Waals surface area contributed by atoms with E-state index in [4.69, 9.17) is 0 Å². The zero-order chi connectivity index (χ0) is 16.8. The minimum absolute atomic E-state index is 0.689. The topological polar surface area (TPSA) is 55.6 Å². The number of rotatable bonds is 8. The highest BCUT2D eigenvalue weighted by Gasteiger charge is 2.10. The predicted octanol–water partition coefficient (Wildman–Crippen LogP) is 4.44. The summed E-state index contributed by atoms with van der Waals surface area (Å²) in [4.78, 5) is 9.21. The summed E-state index contributed by atoms with van der Waals surface area (Å²) in [6.07, 6.45) is 8.57. The van der Waals surface area contributed by atoms with Crippen LogP contribution in [0.3, 0.4) is 0 Å². The molecular formula is C19H25N5. The van der Waals surface area contributed by atoms with Gasteiger partial charge in [0.15, 0.2) is 5.65 Å². The van der Waals surface area contributed by atoms with Gasteiger partial charge in [-0.1, -0.05) is 51.3 Å². The van der Waals surface area contributed by atoms with Crippen molar-refractivity contribution in [2.24, 2.45) is 5.92 Å². The molecule has 2 aromatic heterocycles. The third kappa shape index (κ3) is 3.72. The first-order chi connectivity index (χ1) is 11.8. The second-order valence-corrected chi connectivity index (χ2v) is 6.15. The number of fused-ring (bicyclic) bond motifs is 1. The Kier molecular flexibility index (Phi) is 5.41. The molecule has 2 heterocycles. The summed E-state index contributed by atoms with van der Waals surface area (Å²) >= 11 is 0. The van der Waals surface area contributed by atoms with Gasteiger partial charge in [0.25, 0.3) is 0 Å². The van der Waals surface area contributed by atoms with Crippen LogP contribution < -0.4 is 5.32 Å². The molecule has 0 aliphatic carbocycles. The number of aromatic nitrogens is 4. The Bertz CT molecular complexity index is 766. The Morgan fingerprint density at radius 2 is 1.96 bits per heavy atom. The van der Waals surface area contributed by atoms with Crippen molar-refractivity contribution >= 4 is 17.0 Å². The van der Waals surface area contributed by atoms with Crippen LogP contribution >= 0.6 is 0 Å². The SMILES string of the molecule is CCCCC(CC)CNc1cnc2c(cnn2-c2ccccc2)n1. The van der Waals surface area contributed by atoms with Gasteiger partial charge in [0.2, 0.25) is 0 Å². The first-order valence-electron chi connectivity index (χ1n) is 8.81. The number of nitrogens with zero attached hydrogens (tertiary/aromatic N) is 4. The van der Waals surface area contributed by atoms with Crippen molar-refractivity contribution in [1.82, 2.24) is 19.7 Å². The Morgan fingerprint density at radius 3 is 2.71 bits per heavy atom. The van der Waals surface area contributed by atoms with Crippen LogP contribution in [0.1, 0.15) is 39.5 Å². The van der Waals surface area contributed by atoms with Crippen molar-refractivity contribution in [2.75, 3.05) is 11.9 Å². The van der Waals surface area contributed by atoms with Crippen LogP contribution in [0, 0.1) is 5.92 Å². The summed E-state index contributed by atoms with van der Waals surface area (Å²) in [6.45, 7) is 5.44. The molecule has 3 aromatic rings. The van der Waals surface area contributed by atoms with E-state index < -0.39 is 0 Å². The van der Waals surface area contributed by atoms with Gasteiger partial charge in [-0.2, -0.15) is 5.10 Å². The van der Waals surface area contributed by atoms with E-state index in [1.165, 1.54) is 25.7 Å². The molecule has 0 amide bonds. The number of anilines is 1. The van der Waals surface area contributed by atoms with Crippen molar-refractivity contribution < 1.29 is 0 Å². The monoisotopic (exact) mass is 323 g/mol. The highest BCUT2D eigenvalue weighted by molar-refractivity contribution is 5.73. The molecule has 0 bridgehead atoms. The molecule has 0 spiro atoms. The Hall–Kier alpha value is -2.43. The van der Waals surface area contributed by atoms with Crippen LogP contribution in [0.25, 0.3) is 16.9 Å². The third-order valence-corrected chi connectivity index (χ3v) is 4.39. The van der Waals surface area contributed by atoms with Gasteiger partial charge in [-0.25, -0.2) is 14.6 Å². The van der Waals surface area contributed by atoms with Gasteiger partial charge >= 0.3 is 0 Å². The lowest BCUT2D eigenvalue weighted by atomic mass is 9.99. The molecule has 1 N–H and O–H groups in total. The van der Waals surface area contributed by atoms with Gasteiger partial charge in [0, 0.05) is 6.54 Å². The first kappa shape index (κ1) is 16.4. The van der Waals surface area contributed by atoms with Gasteiger partial charge in [-0.3, -0.25) is 0 Å². The van der Waals surface area contributed by atoms with Crippen LogP contribution in [0.2, 0.25) is 0 Å². The normalized spacial score (nSPS) is 12.4. The molecule has 5 nitrogen and oxygen atoms in total. The van der Waals surface area contributed by atoms with E-state index in [0.717, 1.165) is 29.2 Å². The van der Waals surface area contributed by atoms with Crippen molar-refractivity contribution in [3.63, 3.8) is 0 Å². The van der Waals surface area contributed by atoms with Gasteiger partial charge in [0.05, 0.1) is 18.1 Å². The molecule has 1 aromatic carbocycles. The van der Waals surface area contributed by atoms with E-state index in [9.17, 15) is 0 Å². The summed E-state index contributed by atoms with van der Waals surface area (Å²) in [5, 5.41) is 7.86. The van der Waals surface area contributed by atoms with Crippen LogP contribution in [0.4, 0.5) is 5.82 Å². The van der Waals surface area contributed by atoms with E-state index >= 15 is 0 Å². The van der Waals surface area contributed by atoms with E-state index in [-0.39, 0.29) is 0 Å². The Morgan fingerprint density at radius 1 is 1.12 bits per heavy atom. The number of benzene rings is 1. The summed E-state index contributed by atoms with van der Waals surface area (Å²) in [6, 6.07) is 10.0. The average molecular weight is 323 g/mol. The number of hydrogen-bond acceptors (Lipinski definition) is 4. The van der Waals surface area contributed by atoms with Crippen LogP contribution in [0.5, 0.6) is 0 Å². The largest absolute Gasteiger partial charge is 0.368 e. The molecule has 5 heteroatoms. The molecule has 126 valence electrons. The lowest BCUT2D eigenvalue weighted by Gasteiger charge is -2.15. The Balaban J connectivity index is 1.73. The summed E-state index contributed by atoms with van der Waals surface area (Å²) in [5.74, 6) is 1.51. The van der Waals surface area contributed by atoms with Gasteiger partial charge in [-0.15, -0.1) is 0 Å². The molecule has 1 atom stereocenters. The molecule has 3 rings (SSSR count). The van der Waals surface area contributed by atoms with Crippen molar-refractivity contribution in [1.29, 1.82) is 0 Å². The molecule has 0 aliphatic rings. The maximum atomic E-state index is 4.65. The van der Waals surface area contributed by atoms with E-state index in [0.29, 0.717) is 5.92 Å².